The summed E-state index contributed by atoms with van der Waals surface area (Å²) in [6, 6.07) is 9.29. The molecular weight excluding hydrogens is 532 g/mol. The molecule has 202 valence electrons. The standard InChI is InChI=1S/C24H16F8N2O4/c1-36-20-10-15(13-4-6-19(17(26)8-13)34-22(35)23(27,28)29)21(37-2)9-14(20)12-3-5-18(16(25)7-12)33-11-38-24(30,31)32/h3-11H,1-2H3,(H,34,35)/b33-11-. The summed E-state index contributed by atoms with van der Waals surface area (Å²) >= 11 is 0. The lowest BCUT2D eigenvalue weighted by molar-refractivity contribution is -0.280. The number of amides is 1. The molecule has 0 fully saturated rings. The van der Waals surface area contributed by atoms with Crippen molar-refractivity contribution in [2.24, 2.45) is 4.99 Å². The molecule has 0 aromatic heterocycles. The number of nitrogens with one attached hydrogen (secondary N) is 1. The van der Waals surface area contributed by atoms with Crippen LogP contribution in [0.4, 0.5) is 46.5 Å². The maximum atomic E-state index is 14.5. The van der Waals surface area contributed by atoms with Gasteiger partial charge in [-0.1, -0.05) is 12.1 Å². The van der Waals surface area contributed by atoms with Crippen LogP contribution in [0, 0.1) is 11.6 Å². The molecule has 3 aromatic rings. The zero-order valence-electron chi connectivity index (χ0n) is 19.3. The second kappa shape index (κ2) is 10.9. The average Bonchev–Trinajstić information content (AvgIpc) is 2.84. The van der Waals surface area contributed by atoms with Gasteiger partial charge in [0.1, 0.15) is 28.8 Å². The van der Waals surface area contributed by atoms with E-state index in [1.54, 1.807) is 0 Å². The van der Waals surface area contributed by atoms with Gasteiger partial charge in [-0.2, -0.15) is 13.2 Å². The van der Waals surface area contributed by atoms with Gasteiger partial charge in [-0.15, -0.1) is 13.2 Å². The van der Waals surface area contributed by atoms with Gasteiger partial charge in [0.15, 0.2) is 6.40 Å². The van der Waals surface area contributed by atoms with Crippen molar-refractivity contribution in [3.05, 3.63) is 60.2 Å². The van der Waals surface area contributed by atoms with E-state index in [-0.39, 0.29) is 40.2 Å². The zero-order valence-corrected chi connectivity index (χ0v) is 19.3. The molecule has 3 aromatic carbocycles. The highest BCUT2D eigenvalue weighted by Gasteiger charge is 2.39. The molecule has 0 aliphatic heterocycles. The minimum Gasteiger partial charge on any atom is -0.496 e. The van der Waals surface area contributed by atoms with Gasteiger partial charge in [0.05, 0.1) is 19.9 Å². The van der Waals surface area contributed by atoms with Crippen LogP contribution in [0.15, 0.2) is 53.5 Å². The largest absolute Gasteiger partial charge is 0.573 e. The Labute approximate surface area is 209 Å². The molecular formula is C24H16F8N2O4. The van der Waals surface area contributed by atoms with Crippen molar-refractivity contribution in [2.75, 3.05) is 19.5 Å². The van der Waals surface area contributed by atoms with Crippen LogP contribution < -0.4 is 14.8 Å². The fraction of sp³-hybridized carbons (Fsp3) is 0.167. The molecule has 3 rings (SSSR count). The average molecular weight is 548 g/mol. The Balaban J connectivity index is 1.98. The SMILES string of the molecule is COc1cc(-c2ccc(NC(=O)C(F)(F)F)c(F)c2)c(OC)cc1-c1ccc(/N=C\OC(F)(F)F)c(F)c1. The minimum atomic E-state index is -5.21. The van der Waals surface area contributed by atoms with E-state index in [4.69, 9.17) is 9.47 Å². The Hall–Kier alpha value is -4.36. The van der Waals surface area contributed by atoms with Gasteiger partial charge < -0.3 is 19.5 Å². The van der Waals surface area contributed by atoms with E-state index in [0.29, 0.717) is 0 Å². The Kier molecular flexibility index (Phi) is 8.13. The first kappa shape index (κ1) is 28.2. The third-order valence-corrected chi connectivity index (χ3v) is 4.94. The number of methoxy groups -OCH3 is 2. The van der Waals surface area contributed by atoms with E-state index < -0.39 is 41.5 Å². The van der Waals surface area contributed by atoms with E-state index in [0.717, 1.165) is 24.3 Å². The molecule has 0 aliphatic carbocycles. The Morgan fingerprint density at radius 1 is 0.816 bits per heavy atom. The van der Waals surface area contributed by atoms with E-state index in [9.17, 15) is 39.9 Å². The van der Waals surface area contributed by atoms with Crippen molar-refractivity contribution in [3.8, 4) is 33.8 Å². The Morgan fingerprint density at radius 3 is 1.79 bits per heavy atom. The number of nitrogens with zero attached hydrogens (tertiary/aromatic N) is 1. The van der Waals surface area contributed by atoms with E-state index in [1.807, 2.05) is 0 Å². The van der Waals surface area contributed by atoms with Gasteiger partial charge in [0.25, 0.3) is 0 Å². The zero-order chi connectivity index (χ0) is 28.3. The van der Waals surface area contributed by atoms with Crippen LogP contribution in [0.5, 0.6) is 11.5 Å². The molecule has 0 spiro atoms. The van der Waals surface area contributed by atoms with Crippen LogP contribution in [0.3, 0.4) is 0 Å². The minimum absolute atomic E-state index is 0.0510. The number of hydrogen-bond acceptors (Lipinski definition) is 5. The van der Waals surface area contributed by atoms with Crippen molar-refractivity contribution < 1.29 is 54.1 Å². The number of halogens is 8. The van der Waals surface area contributed by atoms with Crippen molar-refractivity contribution in [3.63, 3.8) is 0 Å². The lowest BCUT2D eigenvalue weighted by Crippen LogP contribution is -2.30. The molecule has 38 heavy (non-hydrogen) atoms. The summed E-state index contributed by atoms with van der Waals surface area (Å²) in [6.07, 6.45) is -10.1. The molecule has 0 bridgehead atoms. The molecule has 0 unspecified atom stereocenters. The van der Waals surface area contributed by atoms with Crippen LogP contribution in [-0.2, 0) is 9.53 Å². The summed E-state index contributed by atoms with van der Waals surface area (Å²) in [5.74, 6) is -4.20. The number of carbonyl (C=O) groups excluding carboxylic acids is 1. The summed E-state index contributed by atoms with van der Waals surface area (Å²) in [6.45, 7) is 0. The van der Waals surface area contributed by atoms with Crippen LogP contribution in [0.2, 0.25) is 0 Å². The highest BCUT2D eigenvalue weighted by Crippen LogP contribution is 2.42. The second-order valence-corrected chi connectivity index (χ2v) is 7.36. The van der Waals surface area contributed by atoms with E-state index in [1.165, 1.54) is 43.8 Å². The highest BCUT2D eigenvalue weighted by atomic mass is 19.4. The van der Waals surface area contributed by atoms with E-state index in [2.05, 4.69) is 9.73 Å². The van der Waals surface area contributed by atoms with Crippen LogP contribution in [-0.4, -0.2) is 39.1 Å². The Morgan fingerprint density at radius 2 is 1.34 bits per heavy atom. The highest BCUT2D eigenvalue weighted by molar-refractivity contribution is 5.95. The first-order valence-corrected chi connectivity index (χ1v) is 10.2. The van der Waals surface area contributed by atoms with Gasteiger partial charge in [0.2, 0.25) is 0 Å². The van der Waals surface area contributed by atoms with Gasteiger partial charge in [0, 0.05) is 11.1 Å². The summed E-state index contributed by atoms with van der Waals surface area (Å²) in [5, 5.41) is 1.44. The lowest BCUT2D eigenvalue weighted by Gasteiger charge is -2.16. The fourth-order valence-electron chi connectivity index (χ4n) is 3.25. The monoisotopic (exact) mass is 548 g/mol. The van der Waals surface area contributed by atoms with Crippen LogP contribution in [0.1, 0.15) is 0 Å². The van der Waals surface area contributed by atoms with E-state index >= 15 is 0 Å². The maximum absolute atomic E-state index is 14.5. The molecule has 14 heteroatoms. The number of anilines is 1. The quantitative estimate of drug-likeness (QED) is 0.196. The predicted octanol–water partition coefficient (Wildman–Crippen LogP) is 7.01. The molecule has 0 saturated heterocycles. The molecule has 0 aliphatic rings. The first-order chi connectivity index (χ1) is 17.7. The summed E-state index contributed by atoms with van der Waals surface area (Å²) in [4.78, 5) is 14.4. The number of aliphatic imine (C=N–C) groups is 1. The van der Waals surface area contributed by atoms with Crippen molar-refractivity contribution in [1.82, 2.24) is 0 Å². The predicted molar refractivity (Wildman–Crippen MR) is 120 cm³/mol. The molecule has 0 saturated carbocycles. The summed E-state index contributed by atoms with van der Waals surface area (Å²) in [5.41, 5.74) is -0.243. The van der Waals surface area contributed by atoms with Crippen LogP contribution in [0.25, 0.3) is 22.3 Å². The fourth-order valence-corrected chi connectivity index (χ4v) is 3.25. The van der Waals surface area contributed by atoms with Gasteiger partial charge in [-0.05, 0) is 47.5 Å². The van der Waals surface area contributed by atoms with Crippen molar-refractivity contribution in [2.45, 2.75) is 12.5 Å². The van der Waals surface area contributed by atoms with Gasteiger partial charge >= 0.3 is 18.4 Å². The smallest absolute Gasteiger partial charge is 0.496 e. The van der Waals surface area contributed by atoms with Crippen molar-refractivity contribution in [1.29, 1.82) is 0 Å². The number of rotatable bonds is 7. The van der Waals surface area contributed by atoms with Crippen molar-refractivity contribution >= 4 is 23.7 Å². The third kappa shape index (κ3) is 6.69. The van der Waals surface area contributed by atoms with Gasteiger partial charge in [-0.3, -0.25) is 4.79 Å². The Bertz CT molecular complexity index is 1370. The molecule has 6 nitrogen and oxygen atoms in total. The topological polar surface area (TPSA) is 69.2 Å². The number of carbonyl (C=O) groups is 1. The summed E-state index contributed by atoms with van der Waals surface area (Å²) in [7, 11) is 2.57. The van der Waals surface area contributed by atoms with Gasteiger partial charge in [-0.25, -0.2) is 13.8 Å². The summed E-state index contributed by atoms with van der Waals surface area (Å²) < 4.78 is 117. The number of ether oxygens (including phenoxy) is 3. The molecule has 1 amide bonds. The number of alkyl halides is 6. The lowest BCUT2D eigenvalue weighted by atomic mass is 9.97. The molecule has 0 radical (unpaired) electrons. The van der Waals surface area contributed by atoms with Crippen LogP contribution >= 0.6 is 0 Å². The molecule has 1 N–H and O–H groups in total. The normalized spacial score (nSPS) is 11.9. The third-order valence-electron chi connectivity index (χ3n) is 4.94. The molecule has 0 heterocycles. The first-order valence-electron chi connectivity index (χ1n) is 10.2. The number of hydrogen-bond donors (Lipinski definition) is 1. The maximum Gasteiger partial charge on any atom is 0.573 e. The molecule has 0 atom stereocenters. The second-order valence-electron chi connectivity index (χ2n) is 7.36. The number of benzene rings is 3.